The second kappa shape index (κ2) is 6.34. The summed E-state index contributed by atoms with van der Waals surface area (Å²) in [6.07, 6.45) is 1.81. The molecule has 1 fully saturated rings. The van der Waals surface area contributed by atoms with Crippen LogP contribution in [0.2, 0.25) is 0 Å². The van der Waals surface area contributed by atoms with Crippen molar-refractivity contribution in [2.24, 2.45) is 0 Å². The minimum absolute atomic E-state index is 0.0660. The number of carbonyl (C=O) groups is 1. The van der Waals surface area contributed by atoms with Crippen LogP contribution in [0.5, 0.6) is 0 Å². The van der Waals surface area contributed by atoms with Crippen molar-refractivity contribution >= 4 is 21.6 Å². The Morgan fingerprint density at radius 1 is 1.30 bits per heavy atom. The molecule has 0 saturated carbocycles. The van der Waals surface area contributed by atoms with E-state index in [4.69, 9.17) is 0 Å². The molecule has 1 aliphatic heterocycles. The number of nitrogens with one attached hydrogen (secondary N) is 3. The van der Waals surface area contributed by atoms with Gasteiger partial charge in [-0.15, -0.1) is 0 Å². The van der Waals surface area contributed by atoms with Crippen LogP contribution in [0, 0.1) is 0 Å². The smallest absolute Gasteiger partial charge is 0.240 e. The number of amides is 1. The molecule has 1 aromatic carbocycles. The monoisotopic (exact) mass is 297 g/mol. The van der Waals surface area contributed by atoms with E-state index in [2.05, 4.69) is 15.4 Å². The highest BCUT2D eigenvalue weighted by molar-refractivity contribution is 7.89. The molecular formula is C13H19N3O3S. The highest BCUT2D eigenvalue weighted by Gasteiger charge is 2.21. The molecule has 0 aliphatic carbocycles. The van der Waals surface area contributed by atoms with E-state index >= 15 is 0 Å². The van der Waals surface area contributed by atoms with Gasteiger partial charge in [0.2, 0.25) is 15.9 Å². The molecule has 110 valence electrons. The van der Waals surface area contributed by atoms with Gasteiger partial charge < -0.3 is 10.6 Å². The Morgan fingerprint density at radius 2 is 2.00 bits per heavy atom. The molecule has 7 heteroatoms. The van der Waals surface area contributed by atoms with Crippen molar-refractivity contribution < 1.29 is 13.2 Å². The van der Waals surface area contributed by atoms with Crippen LogP contribution in [0.1, 0.15) is 19.8 Å². The topological polar surface area (TPSA) is 87.3 Å². The van der Waals surface area contributed by atoms with E-state index in [1.54, 1.807) is 12.1 Å². The number of anilines is 1. The molecule has 0 bridgehead atoms. The molecule has 1 amide bonds. The molecule has 6 nitrogen and oxygen atoms in total. The van der Waals surface area contributed by atoms with Crippen molar-refractivity contribution in [2.75, 3.05) is 18.4 Å². The van der Waals surface area contributed by atoms with Gasteiger partial charge in [-0.2, -0.15) is 0 Å². The van der Waals surface area contributed by atoms with Crippen LogP contribution >= 0.6 is 0 Å². The van der Waals surface area contributed by atoms with Crippen LogP contribution in [0.4, 0.5) is 5.69 Å². The first-order chi connectivity index (χ1) is 9.47. The summed E-state index contributed by atoms with van der Waals surface area (Å²) in [6, 6.07) is 6.07. The van der Waals surface area contributed by atoms with Crippen LogP contribution < -0.4 is 15.4 Å². The van der Waals surface area contributed by atoms with Gasteiger partial charge in [0, 0.05) is 25.2 Å². The van der Waals surface area contributed by atoms with Gasteiger partial charge in [-0.25, -0.2) is 13.1 Å². The van der Waals surface area contributed by atoms with Crippen molar-refractivity contribution in [3.05, 3.63) is 24.3 Å². The first-order valence-corrected chi connectivity index (χ1v) is 8.06. The number of piperidine rings is 1. The summed E-state index contributed by atoms with van der Waals surface area (Å²) >= 11 is 0. The van der Waals surface area contributed by atoms with E-state index in [9.17, 15) is 13.2 Å². The van der Waals surface area contributed by atoms with Gasteiger partial charge in [-0.1, -0.05) is 0 Å². The highest BCUT2D eigenvalue weighted by Crippen LogP contribution is 2.15. The minimum Gasteiger partial charge on any atom is -0.326 e. The summed E-state index contributed by atoms with van der Waals surface area (Å²) in [4.78, 5) is 11.1. The van der Waals surface area contributed by atoms with E-state index in [0.29, 0.717) is 12.2 Å². The third-order valence-electron chi connectivity index (χ3n) is 3.10. The van der Waals surface area contributed by atoms with Crippen molar-refractivity contribution in [1.29, 1.82) is 0 Å². The number of sulfonamides is 1. The van der Waals surface area contributed by atoms with Crippen molar-refractivity contribution in [3.8, 4) is 0 Å². The Kier molecular flexibility index (Phi) is 4.74. The fraction of sp³-hybridized carbons (Fsp3) is 0.462. The summed E-state index contributed by atoms with van der Waals surface area (Å²) < 4.78 is 27.1. The lowest BCUT2D eigenvalue weighted by atomic mass is 10.1. The van der Waals surface area contributed by atoms with Crippen molar-refractivity contribution in [1.82, 2.24) is 10.0 Å². The van der Waals surface area contributed by atoms with E-state index < -0.39 is 10.0 Å². The molecule has 0 radical (unpaired) electrons. The van der Waals surface area contributed by atoms with Gasteiger partial charge in [0.05, 0.1) is 4.90 Å². The van der Waals surface area contributed by atoms with Crippen LogP contribution in [0.25, 0.3) is 0 Å². The van der Waals surface area contributed by atoms with Crippen molar-refractivity contribution in [3.63, 3.8) is 0 Å². The zero-order chi connectivity index (χ0) is 14.6. The molecule has 20 heavy (non-hydrogen) atoms. The van der Waals surface area contributed by atoms with Crippen LogP contribution in [0.3, 0.4) is 0 Å². The Bertz CT molecular complexity index is 563. The lowest BCUT2D eigenvalue weighted by Crippen LogP contribution is -2.45. The van der Waals surface area contributed by atoms with Gasteiger partial charge >= 0.3 is 0 Å². The first-order valence-electron chi connectivity index (χ1n) is 6.58. The SMILES string of the molecule is CC(=O)Nc1ccc(S(=O)(=O)N[C@H]2CCCNC2)cc1. The third-order valence-corrected chi connectivity index (χ3v) is 4.64. The number of hydrogen-bond acceptors (Lipinski definition) is 4. The Labute approximate surface area is 119 Å². The van der Waals surface area contributed by atoms with E-state index in [1.165, 1.54) is 19.1 Å². The van der Waals surface area contributed by atoms with Gasteiger partial charge in [0.1, 0.15) is 0 Å². The lowest BCUT2D eigenvalue weighted by Gasteiger charge is -2.23. The van der Waals surface area contributed by atoms with Crippen LogP contribution in [-0.4, -0.2) is 33.5 Å². The van der Waals surface area contributed by atoms with Gasteiger partial charge in [0.25, 0.3) is 0 Å². The zero-order valence-corrected chi connectivity index (χ0v) is 12.2. The quantitative estimate of drug-likeness (QED) is 0.762. The Morgan fingerprint density at radius 3 is 2.55 bits per heavy atom. The second-order valence-electron chi connectivity index (χ2n) is 4.87. The Hall–Kier alpha value is -1.44. The maximum atomic E-state index is 12.2. The summed E-state index contributed by atoms with van der Waals surface area (Å²) in [5.41, 5.74) is 0.579. The molecule has 2 rings (SSSR count). The van der Waals surface area contributed by atoms with E-state index in [0.717, 1.165) is 19.4 Å². The molecule has 0 unspecified atom stereocenters. The standard InChI is InChI=1S/C13H19N3O3S/c1-10(17)15-11-4-6-13(7-5-11)20(18,19)16-12-3-2-8-14-9-12/h4-7,12,14,16H,2-3,8-9H2,1H3,(H,15,17)/t12-/m0/s1. The summed E-state index contributed by atoms with van der Waals surface area (Å²) in [5.74, 6) is -0.188. The molecule has 1 aliphatic rings. The molecule has 1 atom stereocenters. The summed E-state index contributed by atoms with van der Waals surface area (Å²) in [5, 5.41) is 5.77. The molecule has 0 aromatic heterocycles. The lowest BCUT2D eigenvalue weighted by molar-refractivity contribution is -0.114. The molecule has 3 N–H and O–H groups in total. The van der Waals surface area contributed by atoms with Crippen LogP contribution in [0.15, 0.2) is 29.2 Å². The first kappa shape index (κ1) is 15.0. The van der Waals surface area contributed by atoms with E-state index in [-0.39, 0.29) is 16.8 Å². The maximum Gasteiger partial charge on any atom is 0.240 e. The fourth-order valence-electron chi connectivity index (χ4n) is 2.16. The third kappa shape index (κ3) is 4.03. The zero-order valence-electron chi connectivity index (χ0n) is 11.3. The molecule has 1 saturated heterocycles. The van der Waals surface area contributed by atoms with Gasteiger partial charge in [-0.3, -0.25) is 4.79 Å². The number of carbonyl (C=O) groups excluding carboxylic acids is 1. The van der Waals surface area contributed by atoms with Gasteiger partial charge in [-0.05, 0) is 43.7 Å². The van der Waals surface area contributed by atoms with Crippen LogP contribution in [-0.2, 0) is 14.8 Å². The summed E-state index contributed by atoms with van der Waals surface area (Å²) in [6.45, 7) is 3.00. The molecule has 1 heterocycles. The maximum absolute atomic E-state index is 12.2. The predicted molar refractivity (Wildman–Crippen MR) is 77.0 cm³/mol. The molecule has 1 aromatic rings. The minimum atomic E-state index is -3.51. The number of benzene rings is 1. The predicted octanol–water partition coefficient (Wildman–Crippen LogP) is 0.675. The second-order valence-corrected chi connectivity index (χ2v) is 6.58. The van der Waals surface area contributed by atoms with E-state index in [1.807, 2.05) is 0 Å². The normalized spacial score (nSPS) is 19.6. The highest BCUT2D eigenvalue weighted by atomic mass is 32.2. The molecular weight excluding hydrogens is 278 g/mol. The largest absolute Gasteiger partial charge is 0.326 e. The van der Waals surface area contributed by atoms with Gasteiger partial charge in [0.15, 0.2) is 0 Å². The number of rotatable bonds is 4. The Balaban J connectivity index is 2.06. The average Bonchev–Trinajstić information content (AvgIpc) is 2.39. The number of hydrogen-bond donors (Lipinski definition) is 3. The fourth-order valence-corrected chi connectivity index (χ4v) is 3.43. The van der Waals surface area contributed by atoms with Crippen molar-refractivity contribution in [2.45, 2.75) is 30.7 Å². The average molecular weight is 297 g/mol. The summed E-state index contributed by atoms with van der Waals surface area (Å²) in [7, 11) is -3.51. The molecule has 0 spiro atoms.